The van der Waals surface area contributed by atoms with E-state index in [9.17, 15) is 18.0 Å². The predicted octanol–water partition coefficient (Wildman–Crippen LogP) is 0.883. The maximum atomic E-state index is 11.6. The fourth-order valence-corrected chi connectivity index (χ4v) is 0.563. The van der Waals surface area contributed by atoms with Crippen molar-refractivity contribution < 1.29 is 22.7 Å². The van der Waals surface area contributed by atoms with Gasteiger partial charge in [-0.3, -0.25) is 0 Å². The first-order chi connectivity index (χ1) is 6.35. The SMILES string of the molecule is COC(C)CNC(=O)NCC(F)(F)F. The van der Waals surface area contributed by atoms with Gasteiger partial charge in [0.05, 0.1) is 6.10 Å². The zero-order valence-electron chi connectivity index (χ0n) is 7.94. The quantitative estimate of drug-likeness (QED) is 0.730. The summed E-state index contributed by atoms with van der Waals surface area (Å²) >= 11 is 0. The van der Waals surface area contributed by atoms with E-state index in [0.29, 0.717) is 0 Å². The summed E-state index contributed by atoms with van der Waals surface area (Å²) in [7, 11) is 1.44. The van der Waals surface area contributed by atoms with Gasteiger partial charge in [0, 0.05) is 13.7 Å². The van der Waals surface area contributed by atoms with Crippen molar-refractivity contribution in [3.63, 3.8) is 0 Å². The van der Waals surface area contributed by atoms with Gasteiger partial charge in [0.25, 0.3) is 0 Å². The van der Waals surface area contributed by atoms with E-state index < -0.39 is 18.8 Å². The Balaban J connectivity index is 3.57. The van der Waals surface area contributed by atoms with Crippen molar-refractivity contribution in [3.05, 3.63) is 0 Å². The third kappa shape index (κ3) is 7.66. The summed E-state index contributed by atoms with van der Waals surface area (Å²) in [6, 6.07) is -0.855. The molecule has 0 rings (SSSR count). The second kappa shape index (κ2) is 5.69. The maximum absolute atomic E-state index is 11.6. The highest BCUT2D eigenvalue weighted by Gasteiger charge is 2.27. The van der Waals surface area contributed by atoms with Crippen LogP contribution < -0.4 is 10.6 Å². The average Bonchev–Trinajstić information content (AvgIpc) is 2.09. The molecular formula is C7H13F3N2O2. The molecule has 1 atom stereocenters. The second-order valence-electron chi connectivity index (χ2n) is 2.73. The summed E-state index contributed by atoms with van der Waals surface area (Å²) in [4.78, 5) is 10.7. The van der Waals surface area contributed by atoms with E-state index in [4.69, 9.17) is 4.74 Å². The molecule has 1 unspecified atom stereocenters. The van der Waals surface area contributed by atoms with Crippen molar-refractivity contribution in [1.82, 2.24) is 10.6 Å². The molecule has 14 heavy (non-hydrogen) atoms. The Kier molecular flexibility index (Phi) is 5.29. The summed E-state index contributed by atoms with van der Waals surface area (Å²) in [5, 5.41) is 3.90. The number of hydrogen-bond acceptors (Lipinski definition) is 2. The molecule has 2 amide bonds. The van der Waals surface area contributed by atoms with E-state index in [1.54, 1.807) is 12.2 Å². The normalized spacial score (nSPS) is 13.5. The molecule has 0 aromatic rings. The van der Waals surface area contributed by atoms with Crippen LogP contribution in [0.15, 0.2) is 0 Å². The van der Waals surface area contributed by atoms with Gasteiger partial charge in [0.15, 0.2) is 0 Å². The highest BCUT2D eigenvalue weighted by molar-refractivity contribution is 5.73. The lowest BCUT2D eigenvalue weighted by atomic mass is 10.4. The van der Waals surface area contributed by atoms with Gasteiger partial charge in [0.2, 0.25) is 0 Å². The summed E-state index contributed by atoms with van der Waals surface area (Å²) in [5.74, 6) is 0. The molecule has 0 aliphatic rings. The van der Waals surface area contributed by atoms with E-state index in [2.05, 4.69) is 5.32 Å². The molecule has 0 radical (unpaired) electrons. The van der Waals surface area contributed by atoms with E-state index in [-0.39, 0.29) is 12.6 Å². The molecule has 0 saturated heterocycles. The predicted molar refractivity (Wildman–Crippen MR) is 43.9 cm³/mol. The molecule has 0 saturated carbocycles. The molecule has 84 valence electrons. The minimum absolute atomic E-state index is 0.167. The van der Waals surface area contributed by atoms with E-state index in [1.807, 2.05) is 0 Å². The number of carbonyl (C=O) groups is 1. The Hall–Kier alpha value is -0.980. The maximum Gasteiger partial charge on any atom is 0.405 e. The van der Waals surface area contributed by atoms with Gasteiger partial charge in [-0.25, -0.2) is 4.79 Å². The molecule has 0 fully saturated rings. The van der Waals surface area contributed by atoms with Gasteiger partial charge in [0.1, 0.15) is 6.54 Å². The minimum Gasteiger partial charge on any atom is -0.380 e. The zero-order chi connectivity index (χ0) is 11.2. The number of nitrogens with one attached hydrogen (secondary N) is 2. The average molecular weight is 214 g/mol. The van der Waals surface area contributed by atoms with Crippen molar-refractivity contribution in [2.75, 3.05) is 20.2 Å². The van der Waals surface area contributed by atoms with Crippen LogP contribution in [0.2, 0.25) is 0 Å². The Morgan fingerprint density at radius 2 is 2.00 bits per heavy atom. The van der Waals surface area contributed by atoms with Crippen molar-refractivity contribution >= 4 is 6.03 Å². The van der Waals surface area contributed by atoms with Gasteiger partial charge in [-0.15, -0.1) is 0 Å². The standard InChI is InChI=1S/C7H13F3N2O2/c1-5(14-2)3-11-6(13)12-4-7(8,9)10/h5H,3-4H2,1-2H3,(H2,11,12,13). The number of halogens is 3. The van der Waals surface area contributed by atoms with Crippen LogP contribution in [0.25, 0.3) is 0 Å². The van der Waals surface area contributed by atoms with Crippen LogP contribution in [-0.4, -0.2) is 38.5 Å². The number of alkyl halides is 3. The molecule has 0 aliphatic carbocycles. The number of urea groups is 1. The lowest BCUT2D eigenvalue weighted by Gasteiger charge is -2.12. The Morgan fingerprint density at radius 1 is 1.43 bits per heavy atom. The number of rotatable bonds is 4. The topological polar surface area (TPSA) is 50.4 Å². The summed E-state index contributed by atoms with van der Waals surface area (Å²) in [6.45, 7) is 0.518. The van der Waals surface area contributed by atoms with Crippen LogP contribution in [0.3, 0.4) is 0 Å². The van der Waals surface area contributed by atoms with Gasteiger partial charge < -0.3 is 15.4 Å². The first-order valence-corrected chi connectivity index (χ1v) is 3.96. The molecule has 0 aliphatic heterocycles. The second-order valence-corrected chi connectivity index (χ2v) is 2.73. The summed E-state index contributed by atoms with van der Waals surface area (Å²) in [6.07, 6.45) is -4.61. The highest BCUT2D eigenvalue weighted by atomic mass is 19.4. The first kappa shape index (κ1) is 13.0. The molecule has 0 aromatic heterocycles. The lowest BCUT2D eigenvalue weighted by molar-refractivity contribution is -0.122. The zero-order valence-corrected chi connectivity index (χ0v) is 7.94. The fraction of sp³-hybridized carbons (Fsp3) is 0.857. The first-order valence-electron chi connectivity index (χ1n) is 3.96. The highest BCUT2D eigenvalue weighted by Crippen LogP contribution is 2.11. The van der Waals surface area contributed by atoms with Gasteiger partial charge in [-0.2, -0.15) is 13.2 Å². The number of hydrogen-bond donors (Lipinski definition) is 2. The summed E-state index contributed by atoms with van der Waals surface area (Å²) < 4.78 is 39.6. The third-order valence-corrected chi connectivity index (χ3v) is 1.40. The van der Waals surface area contributed by atoms with Crippen molar-refractivity contribution in [3.8, 4) is 0 Å². The lowest BCUT2D eigenvalue weighted by Crippen LogP contribution is -2.43. The molecule has 0 spiro atoms. The van der Waals surface area contributed by atoms with Crippen LogP contribution >= 0.6 is 0 Å². The molecule has 7 heteroatoms. The molecular weight excluding hydrogens is 201 g/mol. The third-order valence-electron chi connectivity index (χ3n) is 1.40. The van der Waals surface area contributed by atoms with Crippen LogP contribution in [0.4, 0.5) is 18.0 Å². The molecule has 0 bridgehead atoms. The summed E-state index contributed by atoms with van der Waals surface area (Å²) in [5.41, 5.74) is 0. The molecule has 4 nitrogen and oxygen atoms in total. The largest absolute Gasteiger partial charge is 0.405 e. The van der Waals surface area contributed by atoms with Gasteiger partial charge >= 0.3 is 12.2 Å². The monoisotopic (exact) mass is 214 g/mol. The van der Waals surface area contributed by atoms with Crippen LogP contribution in [-0.2, 0) is 4.74 Å². The van der Waals surface area contributed by atoms with Crippen molar-refractivity contribution in [1.29, 1.82) is 0 Å². The minimum atomic E-state index is -4.38. The number of amides is 2. The van der Waals surface area contributed by atoms with E-state index in [0.717, 1.165) is 0 Å². The Bertz CT molecular complexity index is 184. The Labute approximate surface area is 79.8 Å². The molecule has 2 N–H and O–H groups in total. The number of carbonyl (C=O) groups excluding carboxylic acids is 1. The fourth-order valence-electron chi connectivity index (χ4n) is 0.563. The molecule has 0 heterocycles. The number of methoxy groups -OCH3 is 1. The van der Waals surface area contributed by atoms with Crippen molar-refractivity contribution in [2.45, 2.75) is 19.2 Å². The van der Waals surface area contributed by atoms with E-state index in [1.165, 1.54) is 7.11 Å². The van der Waals surface area contributed by atoms with E-state index >= 15 is 0 Å². The van der Waals surface area contributed by atoms with Crippen molar-refractivity contribution in [2.24, 2.45) is 0 Å². The Morgan fingerprint density at radius 3 is 2.43 bits per heavy atom. The van der Waals surface area contributed by atoms with Crippen LogP contribution in [0.1, 0.15) is 6.92 Å². The molecule has 0 aromatic carbocycles. The van der Waals surface area contributed by atoms with Crippen LogP contribution in [0, 0.1) is 0 Å². The van der Waals surface area contributed by atoms with Crippen LogP contribution in [0.5, 0.6) is 0 Å². The van der Waals surface area contributed by atoms with Gasteiger partial charge in [-0.1, -0.05) is 0 Å². The van der Waals surface area contributed by atoms with Gasteiger partial charge in [-0.05, 0) is 6.92 Å². The smallest absolute Gasteiger partial charge is 0.380 e. The number of ether oxygens (including phenoxy) is 1.